The molecule has 2 aliphatic heterocycles. The van der Waals surface area contributed by atoms with E-state index in [-0.39, 0.29) is 36.5 Å². The summed E-state index contributed by atoms with van der Waals surface area (Å²) in [6, 6.07) is 12.1. The Labute approximate surface area is 173 Å². The largest absolute Gasteiger partial charge is 0.506 e. The minimum atomic E-state index is -0.651. The van der Waals surface area contributed by atoms with Crippen molar-refractivity contribution in [3.05, 3.63) is 59.9 Å². The summed E-state index contributed by atoms with van der Waals surface area (Å²) in [7, 11) is 0. The molecule has 0 saturated heterocycles. The van der Waals surface area contributed by atoms with Gasteiger partial charge in [-0.25, -0.2) is 0 Å². The molecule has 0 spiro atoms. The highest BCUT2D eigenvalue weighted by atomic mass is 16.7. The van der Waals surface area contributed by atoms with Gasteiger partial charge in [0.2, 0.25) is 13.1 Å². The van der Waals surface area contributed by atoms with Gasteiger partial charge in [0.25, 0.3) is 5.91 Å². The molecule has 158 valence electrons. The molecule has 8 nitrogen and oxygen atoms in total. The standard InChI is InChI=1S/C22H23NO7/c24-8-3-9-27-21-12-15(14-6-7-18-19(10-14)29-13-28-18)11-20(30-21)22(26)23-16-4-1-2-5-17(16)25/h1-2,4-7,10-11,15,21,24-25H,3,8-9,12-13H2,(H,23,26)/t15-,21+/m1/s1. The lowest BCUT2D eigenvalue weighted by Gasteiger charge is -2.29. The zero-order valence-electron chi connectivity index (χ0n) is 16.2. The first-order chi connectivity index (χ1) is 14.6. The van der Waals surface area contributed by atoms with E-state index in [1.807, 2.05) is 18.2 Å². The predicted octanol–water partition coefficient (Wildman–Crippen LogP) is 2.87. The molecular weight excluding hydrogens is 390 g/mol. The summed E-state index contributed by atoms with van der Waals surface area (Å²) in [5.74, 6) is 0.759. The van der Waals surface area contributed by atoms with Crippen molar-refractivity contribution in [1.82, 2.24) is 0 Å². The van der Waals surface area contributed by atoms with Gasteiger partial charge in [0, 0.05) is 18.9 Å². The fraction of sp³-hybridized carbons (Fsp3) is 0.318. The number of aromatic hydroxyl groups is 1. The molecular formula is C22H23NO7. The van der Waals surface area contributed by atoms with Gasteiger partial charge in [-0.15, -0.1) is 0 Å². The van der Waals surface area contributed by atoms with Crippen LogP contribution >= 0.6 is 0 Å². The van der Waals surface area contributed by atoms with Gasteiger partial charge >= 0.3 is 0 Å². The number of phenols is 1. The van der Waals surface area contributed by atoms with Crippen LogP contribution in [-0.4, -0.2) is 42.4 Å². The van der Waals surface area contributed by atoms with E-state index in [1.54, 1.807) is 24.3 Å². The average Bonchev–Trinajstić information content (AvgIpc) is 3.23. The number of amides is 1. The van der Waals surface area contributed by atoms with Gasteiger partial charge in [0.05, 0.1) is 12.3 Å². The third-order valence-electron chi connectivity index (χ3n) is 4.86. The lowest BCUT2D eigenvalue weighted by Crippen LogP contribution is -2.29. The number of aliphatic hydroxyl groups excluding tert-OH is 1. The van der Waals surface area contributed by atoms with Crippen LogP contribution < -0.4 is 14.8 Å². The molecule has 2 atom stereocenters. The quantitative estimate of drug-likeness (QED) is 0.473. The Hall–Kier alpha value is -3.23. The van der Waals surface area contributed by atoms with Gasteiger partial charge in [-0.3, -0.25) is 4.79 Å². The number of carbonyl (C=O) groups is 1. The number of fused-ring (bicyclic) bond motifs is 1. The first-order valence-corrected chi connectivity index (χ1v) is 9.74. The third-order valence-corrected chi connectivity index (χ3v) is 4.86. The van der Waals surface area contributed by atoms with E-state index in [2.05, 4.69) is 5.32 Å². The Morgan fingerprint density at radius 1 is 1.17 bits per heavy atom. The molecule has 2 aromatic rings. The molecule has 8 heteroatoms. The van der Waals surface area contributed by atoms with Gasteiger partial charge in [0.1, 0.15) is 5.75 Å². The number of anilines is 1. The molecule has 0 aromatic heterocycles. The van der Waals surface area contributed by atoms with Crippen molar-refractivity contribution in [3.63, 3.8) is 0 Å². The molecule has 0 aliphatic carbocycles. The number of hydrogen-bond donors (Lipinski definition) is 3. The fourth-order valence-electron chi connectivity index (χ4n) is 3.34. The number of rotatable bonds is 7. The molecule has 1 amide bonds. The zero-order valence-corrected chi connectivity index (χ0v) is 16.2. The number of hydrogen-bond acceptors (Lipinski definition) is 7. The summed E-state index contributed by atoms with van der Waals surface area (Å²) in [5.41, 5.74) is 1.22. The number of nitrogens with one attached hydrogen (secondary N) is 1. The number of carbonyl (C=O) groups excluding carboxylic acids is 1. The smallest absolute Gasteiger partial charge is 0.290 e. The molecule has 2 aromatic carbocycles. The topological polar surface area (TPSA) is 106 Å². The number of aliphatic hydroxyl groups is 1. The second-order valence-electron chi connectivity index (χ2n) is 6.95. The van der Waals surface area contributed by atoms with Gasteiger partial charge in [-0.2, -0.15) is 0 Å². The lowest BCUT2D eigenvalue weighted by molar-refractivity contribution is -0.144. The maximum atomic E-state index is 12.8. The summed E-state index contributed by atoms with van der Waals surface area (Å²) < 4.78 is 22.3. The molecule has 2 heterocycles. The molecule has 0 bridgehead atoms. The van der Waals surface area contributed by atoms with Crippen LogP contribution in [0.5, 0.6) is 17.2 Å². The average molecular weight is 413 g/mol. The number of para-hydroxylation sites is 2. The summed E-state index contributed by atoms with van der Waals surface area (Å²) in [6.45, 7) is 0.502. The monoisotopic (exact) mass is 413 g/mol. The highest BCUT2D eigenvalue weighted by Crippen LogP contribution is 2.38. The van der Waals surface area contributed by atoms with Gasteiger partial charge in [-0.05, 0) is 42.3 Å². The Balaban J connectivity index is 1.56. The van der Waals surface area contributed by atoms with Gasteiger partial charge in [-0.1, -0.05) is 18.2 Å². The van der Waals surface area contributed by atoms with E-state index in [0.29, 0.717) is 30.9 Å². The Bertz CT molecular complexity index is 943. The molecule has 4 rings (SSSR count). The third kappa shape index (κ3) is 4.50. The SMILES string of the molecule is O=C(Nc1ccccc1O)C1=C[C@@H](c2ccc3c(c2)OCO3)C[C@@H](OCCCO)O1. The number of benzene rings is 2. The summed E-state index contributed by atoms with van der Waals surface area (Å²) in [6.07, 6.45) is 2.05. The van der Waals surface area contributed by atoms with Gasteiger partial charge in [0.15, 0.2) is 17.3 Å². The molecule has 3 N–H and O–H groups in total. The number of allylic oxidation sites excluding steroid dienone is 1. The van der Waals surface area contributed by atoms with Crippen LogP contribution in [0.2, 0.25) is 0 Å². The van der Waals surface area contributed by atoms with Crippen molar-refractivity contribution >= 4 is 11.6 Å². The van der Waals surface area contributed by atoms with Crippen LogP contribution in [0.15, 0.2) is 54.3 Å². The van der Waals surface area contributed by atoms with E-state index in [1.165, 1.54) is 6.07 Å². The second-order valence-corrected chi connectivity index (χ2v) is 6.95. The second kappa shape index (κ2) is 9.06. The summed E-state index contributed by atoms with van der Waals surface area (Å²) in [5, 5.41) is 21.6. The van der Waals surface area contributed by atoms with Crippen LogP contribution in [0.3, 0.4) is 0 Å². The van der Waals surface area contributed by atoms with E-state index in [9.17, 15) is 9.90 Å². The molecule has 0 saturated carbocycles. The predicted molar refractivity (Wildman–Crippen MR) is 107 cm³/mol. The first kappa shape index (κ1) is 20.1. The summed E-state index contributed by atoms with van der Waals surface area (Å²) in [4.78, 5) is 12.8. The fourth-order valence-corrected chi connectivity index (χ4v) is 3.34. The highest BCUT2D eigenvalue weighted by Gasteiger charge is 2.30. The van der Waals surface area contributed by atoms with E-state index in [0.717, 1.165) is 5.56 Å². The minimum Gasteiger partial charge on any atom is -0.506 e. The minimum absolute atomic E-state index is 0.00871. The van der Waals surface area contributed by atoms with Crippen molar-refractivity contribution in [3.8, 4) is 17.2 Å². The number of phenolic OH excluding ortho intramolecular Hbond substituents is 1. The van der Waals surface area contributed by atoms with E-state index >= 15 is 0 Å². The molecule has 0 unspecified atom stereocenters. The number of ether oxygens (including phenoxy) is 4. The van der Waals surface area contributed by atoms with Crippen molar-refractivity contribution in [2.45, 2.75) is 25.0 Å². The first-order valence-electron chi connectivity index (χ1n) is 9.74. The molecule has 0 fully saturated rings. The van der Waals surface area contributed by atoms with Crippen LogP contribution in [-0.2, 0) is 14.3 Å². The highest BCUT2D eigenvalue weighted by molar-refractivity contribution is 6.03. The lowest BCUT2D eigenvalue weighted by atomic mass is 9.92. The van der Waals surface area contributed by atoms with Crippen molar-refractivity contribution in [1.29, 1.82) is 0 Å². The van der Waals surface area contributed by atoms with Crippen LogP contribution in [0.25, 0.3) is 0 Å². The maximum absolute atomic E-state index is 12.8. The van der Waals surface area contributed by atoms with Crippen LogP contribution in [0, 0.1) is 0 Å². The zero-order chi connectivity index (χ0) is 20.9. The molecule has 2 aliphatic rings. The van der Waals surface area contributed by atoms with Gasteiger partial charge < -0.3 is 34.5 Å². The summed E-state index contributed by atoms with van der Waals surface area (Å²) >= 11 is 0. The Kier molecular flexibility index (Phi) is 6.06. The van der Waals surface area contributed by atoms with Crippen LogP contribution in [0.1, 0.15) is 24.3 Å². The Morgan fingerprint density at radius 3 is 2.83 bits per heavy atom. The van der Waals surface area contributed by atoms with Crippen LogP contribution in [0.4, 0.5) is 5.69 Å². The maximum Gasteiger partial charge on any atom is 0.290 e. The van der Waals surface area contributed by atoms with Crippen molar-refractivity contribution < 1.29 is 34.0 Å². The van der Waals surface area contributed by atoms with Crippen molar-refractivity contribution in [2.75, 3.05) is 25.3 Å². The Morgan fingerprint density at radius 2 is 2.00 bits per heavy atom. The molecule has 30 heavy (non-hydrogen) atoms. The van der Waals surface area contributed by atoms with E-state index in [4.69, 9.17) is 24.1 Å². The van der Waals surface area contributed by atoms with E-state index < -0.39 is 12.2 Å². The molecule has 0 radical (unpaired) electrons. The van der Waals surface area contributed by atoms with Crippen molar-refractivity contribution in [2.24, 2.45) is 0 Å². The normalized spacial score (nSPS) is 19.7.